The standard InChI is InChI=1S/C17H28N4O2/c1-20-12-14(11-18-20)17(13-9-15(22)10-13)19-16(23)5-8-21-6-3-2-4-7-21/h11-13,15,17,22H,2-10H2,1H3,(H,19,23). The molecule has 0 bridgehead atoms. The van der Waals surface area contributed by atoms with Crippen molar-refractivity contribution < 1.29 is 9.90 Å². The molecule has 1 aliphatic carbocycles. The Bertz CT molecular complexity index is 518. The molecule has 1 aromatic heterocycles. The van der Waals surface area contributed by atoms with Crippen molar-refractivity contribution in [3.63, 3.8) is 0 Å². The molecule has 1 unspecified atom stereocenters. The molecule has 1 atom stereocenters. The van der Waals surface area contributed by atoms with Gasteiger partial charge in [0.15, 0.2) is 0 Å². The average molecular weight is 320 g/mol. The Balaban J connectivity index is 1.53. The summed E-state index contributed by atoms with van der Waals surface area (Å²) in [6.45, 7) is 3.08. The maximum absolute atomic E-state index is 12.4. The third-order valence-electron chi connectivity index (χ3n) is 5.13. The first-order valence-corrected chi connectivity index (χ1v) is 8.80. The van der Waals surface area contributed by atoms with E-state index in [2.05, 4.69) is 15.3 Å². The number of likely N-dealkylation sites (tertiary alicyclic amines) is 1. The number of hydrogen-bond acceptors (Lipinski definition) is 4. The van der Waals surface area contributed by atoms with Crippen LogP contribution in [-0.2, 0) is 11.8 Å². The SMILES string of the molecule is Cn1cc(C(NC(=O)CCN2CCCCC2)C2CC(O)C2)cn1. The van der Waals surface area contributed by atoms with E-state index in [1.165, 1.54) is 19.3 Å². The second-order valence-corrected chi connectivity index (χ2v) is 7.03. The summed E-state index contributed by atoms with van der Waals surface area (Å²) >= 11 is 0. The van der Waals surface area contributed by atoms with E-state index < -0.39 is 0 Å². The van der Waals surface area contributed by atoms with Gasteiger partial charge in [0.2, 0.25) is 5.91 Å². The quantitative estimate of drug-likeness (QED) is 0.827. The zero-order chi connectivity index (χ0) is 16.2. The second kappa shape index (κ2) is 7.45. The van der Waals surface area contributed by atoms with E-state index in [0.717, 1.165) is 38.0 Å². The van der Waals surface area contributed by atoms with Crippen LogP contribution in [0.5, 0.6) is 0 Å². The number of piperidine rings is 1. The Labute approximate surface area is 137 Å². The minimum absolute atomic E-state index is 0.0269. The monoisotopic (exact) mass is 320 g/mol. The van der Waals surface area contributed by atoms with Gasteiger partial charge >= 0.3 is 0 Å². The molecule has 3 rings (SSSR count). The lowest BCUT2D eigenvalue weighted by molar-refractivity contribution is -0.123. The summed E-state index contributed by atoms with van der Waals surface area (Å²) in [6.07, 6.45) is 9.43. The Morgan fingerprint density at radius 2 is 2.13 bits per heavy atom. The van der Waals surface area contributed by atoms with Crippen molar-refractivity contribution >= 4 is 5.91 Å². The van der Waals surface area contributed by atoms with Crippen LogP contribution in [-0.4, -0.2) is 51.4 Å². The van der Waals surface area contributed by atoms with Gasteiger partial charge in [-0.1, -0.05) is 6.42 Å². The van der Waals surface area contributed by atoms with Crippen LogP contribution in [0.25, 0.3) is 0 Å². The van der Waals surface area contributed by atoms with Crippen LogP contribution in [0, 0.1) is 5.92 Å². The lowest BCUT2D eigenvalue weighted by atomic mass is 9.75. The summed E-state index contributed by atoms with van der Waals surface area (Å²) in [6, 6.07) is -0.0269. The Kier molecular flexibility index (Phi) is 5.33. The van der Waals surface area contributed by atoms with Gasteiger partial charge in [-0.15, -0.1) is 0 Å². The number of aromatic nitrogens is 2. The molecular formula is C17H28N4O2. The van der Waals surface area contributed by atoms with Gasteiger partial charge < -0.3 is 15.3 Å². The molecule has 1 saturated heterocycles. The molecule has 1 aromatic rings. The maximum atomic E-state index is 12.4. The minimum atomic E-state index is -0.218. The lowest BCUT2D eigenvalue weighted by Crippen LogP contribution is -2.42. The Morgan fingerprint density at radius 3 is 2.74 bits per heavy atom. The van der Waals surface area contributed by atoms with Crippen LogP contribution in [0.1, 0.15) is 50.1 Å². The highest BCUT2D eigenvalue weighted by atomic mass is 16.3. The second-order valence-electron chi connectivity index (χ2n) is 7.03. The fourth-order valence-electron chi connectivity index (χ4n) is 3.66. The maximum Gasteiger partial charge on any atom is 0.221 e. The van der Waals surface area contributed by atoms with Gasteiger partial charge in [0.25, 0.3) is 0 Å². The Morgan fingerprint density at radius 1 is 1.39 bits per heavy atom. The minimum Gasteiger partial charge on any atom is -0.393 e. The van der Waals surface area contributed by atoms with E-state index in [-0.39, 0.29) is 18.1 Å². The molecule has 23 heavy (non-hydrogen) atoms. The largest absolute Gasteiger partial charge is 0.393 e. The molecule has 6 nitrogen and oxygen atoms in total. The smallest absolute Gasteiger partial charge is 0.221 e. The van der Waals surface area contributed by atoms with E-state index in [0.29, 0.717) is 12.3 Å². The molecule has 1 aliphatic heterocycles. The zero-order valence-corrected chi connectivity index (χ0v) is 13.9. The van der Waals surface area contributed by atoms with Gasteiger partial charge in [-0.25, -0.2) is 0 Å². The van der Waals surface area contributed by atoms with Crippen molar-refractivity contribution in [3.8, 4) is 0 Å². The molecule has 6 heteroatoms. The summed E-state index contributed by atoms with van der Waals surface area (Å²) < 4.78 is 1.76. The molecule has 2 heterocycles. The van der Waals surface area contributed by atoms with Crippen LogP contribution in [0.2, 0.25) is 0 Å². The summed E-state index contributed by atoms with van der Waals surface area (Å²) in [7, 11) is 1.88. The topological polar surface area (TPSA) is 70.4 Å². The van der Waals surface area contributed by atoms with Crippen molar-refractivity contribution in [1.82, 2.24) is 20.0 Å². The summed E-state index contributed by atoms with van der Waals surface area (Å²) in [5.41, 5.74) is 1.04. The number of nitrogens with zero attached hydrogens (tertiary/aromatic N) is 3. The van der Waals surface area contributed by atoms with Crippen molar-refractivity contribution in [2.24, 2.45) is 13.0 Å². The summed E-state index contributed by atoms with van der Waals surface area (Å²) in [4.78, 5) is 14.8. The molecule has 0 spiro atoms. The first-order chi connectivity index (χ1) is 11.1. The van der Waals surface area contributed by atoms with E-state index in [4.69, 9.17) is 0 Å². The molecular weight excluding hydrogens is 292 g/mol. The van der Waals surface area contributed by atoms with E-state index in [1.54, 1.807) is 4.68 Å². The lowest BCUT2D eigenvalue weighted by Gasteiger charge is -2.37. The number of amides is 1. The van der Waals surface area contributed by atoms with Crippen LogP contribution in [0.4, 0.5) is 0 Å². The van der Waals surface area contributed by atoms with Gasteiger partial charge in [0.05, 0.1) is 18.3 Å². The Hall–Kier alpha value is -1.40. The number of carbonyl (C=O) groups is 1. The predicted octanol–water partition coefficient (Wildman–Crippen LogP) is 1.22. The number of hydrogen-bond donors (Lipinski definition) is 2. The first-order valence-electron chi connectivity index (χ1n) is 8.80. The van der Waals surface area contributed by atoms with Crippen LogP contribution >= 0.6 is 0 Å². The zero-order valence-electron chi connectivity index (χ0n) is 13.9. The highest BCUT2D eigenvalue weighted by Gasteiger charge is 2.36. The van der Waals surface area contributed by atoms with E-state index in [1.807, 2.05) is 19.4 Å². The third kappa shape index (κ3) is 4.32. The van der Waals surface area contributed by atoms with Gasteiger partial charge in [-0.2, -0.15) is 5.10 Å². The highest BCUT2D eigenvalue weighted by molar-refractivity contribution is 5.76. The normalized spacial score (nSPS) is 26.5. The van der Waals surface area contributed by atoms with Gasteiger partial charge in [0, 0.05) is 31.8 Å². The number of aryl methyl sites for hydroxylation is 1. The number of aliphatic hydroxyl groups is 1. The molecule has 2 N–H and O–H groups in total. The van der Waals surface area contributed by atoms with Gasteiger partial charge in [0.1, 0.15) is 0 Å². The van der Waals surface area contributed by atoms with Crippen LogP contribution in [0.3, 0.4) is 0 Å². The molecule has 0 aromatic carbocycles. The fourth-order valence-corrected chi connectivity index (χ4v) is 3.66. The van der Waals surface area contributed by atoms with Gasteiger partial charge in [-0.3, -0.25) is 9.48 Å². The molecule has 2 fully saturated rings. The molecule has 1 amide bonds. The predicted molar refractivity (Wildman–Crippen MR) is 87.7 cm³/mol. The van der Waals surface area contributed by atoms with Crippen molar-refractivity contribution in [2.45, 2.75) is 50.7 Å². The summed E-state index contributed by atoms with van der Waals surface area (Å²) in [5, 5.41) is 17.0. The van der Waals surface area contributed by atoms with Crippen molar-refractivity contribution in [3.05, 3.63) is 18.0 Å². The van der Waals surface area contributed by atoms with E-state index >= 15 is 0 Å². The number of carbonyl (C=O) groups excluding carboxylic acids is 1. The van der Waals surface area contributed by atoms with Crippen molar-refractivity contribution in [1.29, 1.82) is 0 Å². The number of nitrogens with one attached hydrogen (secondary N) is 1. The number of rotatable bonds is 6. The fraction of sp³-hybridized carbons (Fsp3) is 0.765. The third-order valence-corrected chi connectivity index (χ3v) is 5.13. The molecule has 0 radical (unpaired) electrons. The molecule has 2 aliphatic rings. The average Bonchev–Trinajstić information content (AvgIpc) is 2.95. The number of aliphatic hydroxyl groups excluding tert-OH is 1. The molecule has 128 valence electrons. The van der Waals surface area contributed by atoms with Crippen molar-refractivity contribution in [2.75, 3.05) is 19.6 Å². The van der Waals surface area contributed by atoms with Crippen LogP contribution in [0.15, 0.2) is 12.4 Å². The summed E-state index contributed by atoms with van der Waals surface area (Å²) in [5.74, 6) is 0.416. The first kappa shape index (κ1) is 16.5. The van der Waals surface area contributed by atoms with Gasteiger partial charge in [-0.05, 0) is 44.7 Å². The molecule has 1 saturated carbocycles. The van der Waals surface area contributed by atoms with Crippen LogP contribution < -0.4 is 5.32 Å². The van der Waals surface area contributed by atoms with E-state index in [9.17, 15) is 9.90 Å². The highest BCUT2D eigenvalue weighted by Crippen LogP contribution is 2.37.